The highest BCUT2D eigenvalue weighted by atomic mass is 35.5. The molecule has 1 nitrogen and oxygen atoms in total. The highest BCUT2D eigenvalue weighted by molar-refractivity contribution is 7.17. The first-order valence-corrected chi connectivity index (χ1v) is 7.26. The Balaban J connectivity index is 1.97. The van der Waals surface area contributed by atoms with Gasteiger partial charge in [-0.25, -0.2) is 0 Å². The molecule has 0 radical (unpaired) electrons. The molecule has 0 atom stereocenters. The zero-order valence-electron chi connectivity index (χ0n) is 10.1. The number of hydrogen-bond acceptors (Lipinski definition) is 2. The second-order valence-electron chi connectivity index (χ2n) is 4.71. The Morgan fingerprint density at radius 2 is 2.06 bits per heavy atom. The van der Waals surface area contributed by atoms with Crippen molar-refractivity contribution in [2.75, 3.05) is 0 Å². The fourth-order valence-corrected chi connectivity index (χ4v) is 3.32. The highest BCUT2D eigenvalue weighted by Crippen LogP contribution is 2.38. The minimum absolute atomic E-state index is 0.289. The molecule has 92 valence electrons. The molecule has 0 amide bonds. The number of halogens is 1. The van der Waals surface area contributed by atoms with Crippen LogP contribution >= 0.6 is 22.9 Å². The lowest BCUT2D eigenvalue weighted by Gasteiger charge is -2.04. The number of carbonyl (C=O) groups is 1. The molecule has 3 heteroatoms. The van der Waals surface area contributed by atoms with E-state index in [1.807, 2.05) is 31.2 Å². The van der Waals surface area contributed by atoms with Gasteiger partial charge in [0.2, 0.25) is 0 Å². The molecular weight excluding hydrogens is 264 g/mol. The van der Waals surface area contributed by atoms with Crippen molar-refractivity contribution in [3.05, 3.63) is 45.8 Å². The minimum atomic E-state index is 0.289. The number of carbonyl (C=O) groups excluding carboxylic acids is 1. The number of thiophene rings is 1. The minimum Gasteiger partial charge on any atom is -0.293 e. The zero-order valence-corrected chi connectivity index (χ0v) is 11.6. The average molecular weight is 277 g/mol. The smallest absolute Gasteiger partial charge is 0.175 e. The van der Waals surface area contributed by atoms with Gasteiger partial charge < -0.3 is 0 Å². The molecule has 2 aromatic rings. The number of rotatable bonds is 3. The van der Waals surface area contributed by atoms with Crippen LogP contribution in [0.3, 0.4) is 0 Å². The maximum atomic E-state index is 12.0. The Morgan fingerprint density at radius 1 is 1.28 bits per heavy atom. The second-order valence-corrected chi connectivity index (χ2v) is 6.21. The molecule has 0 spiro atoms. The molecule has 0 N–H and O–H groups in total. The normalized spacial score (nSPS) is 14.8. The molecule has 3 rings (SSSR count). The number of benzene rings is 1. The molecule has 1 aliphatic rings. The van der Waals surface area contributed by atoms with Crippen molar-refractivity contribution in [2.24, 2.45) is 5.92 Å². The maximum Gasteiger partial charge on any atom is 0.175 e. The van der Waals surface area contributed by atoms with Crippen molar-refractivity contribution in [3.63, 3.8) is 0 Å². The van der Waals surface area contributed by atoms with Crippen molar-refractivity contribution >= 4 is 28.7 Å². The third-order valence-electron chi connectivity index (χ3n) is 3.33. The molecule has 1 aromatic heterocycles. The van der Waals surface area contributed by atoms with Crippen LogP contribution in [0, 0.1) is 12.8 Å². The predicted octanol–water partition coefficient (Wildman–Crippen LogP) is 4.97. The summed E-state index contributed by atoms with van der Waals surface area (Å²) in [6, 6.07) is 9.87. The van der Waals surface area contributed by atoms with Gasteiger partial charge in [-0.2, -0.15) is 0 Å². The molecule has 18 heavy (non-hydrogen) atoms. The van der Waals surface area contributed by atoms with Gasteiger partial charge in [-0.05, 0) is 49.1 Å². The van der Waals surface area contributed by atoms with Gasteiger partial charge in [0.1, 0.15) is 0 Å². The Morgan fingerprint density at radius 3 is 2.78 bits per heavy atom. The van der Waals surface area contributed by atoms with Gasteiger partial charge in [-0.15, -0.1) is 11.3 Å². The summed E-state index contributed by atoms with van der Waals surface area (Å²) in [6.45, 7) is 2.01. The van der Waals surface area contributed by atoms with Crippen LogP contribution in [0.4, 0.5) is 0 Å². The summed E-state index contributed by atoms with van der Waals surface area (Å²) in [5.41, 5.74) is 2.20. The molecule has 1 fully saturated rings. The first kappa shape index (κ1) is 11.9. The van der Waals surface area contributed by atoms with E-state index in [0.717, 1.165) is 38.7 Å². The van der Waals surface area contributed by atoms with Gasteiger partial charge in [0.25, 0.3) is 0 Å². The van der Waals surface area contributed by atoms with E-state index in [-0.39, 0.29) is 5.92 Å². The monoisotopic (exact) mass is 276 g/mol. The SMILES string of the molecule is Cc1c(Cl)cccc1-c1ccc(C(=O)C2CC2)s1. The van der Waals surface area contributed by atoms with E-state index in [2.05, 4.69) is 6.07 Å². The fourth-order valence-electron chi connectivity index (χ4n) is 2.04. The van der Waals surface area contributed by atoms with Gasteiger partial charge in [0.15, 0.2) is 5.78 Å². The molecule has 0 aliphatic heterocycles. The lowest BCUT2D eigenvalue weighted by atomic mass is 10.1. The summed E-state index contributed by atoms with van der Waals surface area (Å²) in [7, 11) is 0. The Hall–Kier alpha value is -1.12. The maximum absolute atomic E-state index is 12.0. The second kappa shape index (κ2) is 4.52. The van der Waals surface area contributed by atoms with Crippen LogP contribution in [0.2, 0.25) is 5.02 Å². The molecule has 1 saturated carbocycles. The van der Waals surface area contributed by atoms with Crippen molar-refractivity contribution in [2.45, 2.75) is 19.8 Å². The highest BCUT2D eigenvalue weighted by Gasteiger charge is 2.31. The molecular formula is C15H13ClOS. The standard InChI is InChI=1S/C15H13ClOS/c1-9-11(3-2-4-12(9)16)13-7-8-14(18-13)15(17)10-5-6-10/h2-4,7-8,10H,5-6H2,1H3. The van der Waals surface area contributed by atoms with Crippen LogP contribution < -0.4 is 0 Å². The topological polar surface area (TPSA) is 17.1 Å². The summed E-state index contributed by atoms with van der Waals surface area (Å²) < 4.78 is 0. The lowest BCUT2D eigenvalue weighted by Crippen LogP contribution is -1.96. The number of hydrogen-bond donors (Lipinski definition) is 0. The zero-order chi connectivity index (χ0) is 12.7. The molecule has 0 unspecified atom stereocenters. The number of Topliss-reactive ketones (excluding diaryl/α,β-unsaturated/α-hetero) is 1. The van der Waals surface area contributed by atoms with Gasteiger partial charge in [0, 0.05) is 15.8 Å². The molecule has 1 aromatic carbocycles. The summed E-state index contributed by atoms with van der Waals surface area (Å²) >= 11 is 7.71. The molecule has 1 heterocycles. The van der Waals surface area contributed by atoms with E-state index in [0.29, 0.717) is 5.78 Å². The third-order valence-corrected chi connectivity index (χ3v) is 4.87. The summed E-state index contributed by atoms with van der Waals surface area (Å²) in [5.74, 6) is 0.600. The van der Waals surface area contributed by atoms with Crippen molar-refractivity contribution in [3.8, 4) is 10.4 Å². The van der Waals surface area contributed by atoms with Gasteiger partial charge in [0.05, 0.1) is 4.88 Å². The van der Waals surface area contributed by atoms with Crippen molar-refractivity contribution in [1.82, 2.24) is 0 Å². The largest absolute Gasteiger partial charge is 0.293 e. The fraction of sp³-hybridized carbons (Fsp3) is 0.267. The van der Waals surface area contributed by atoms with E-state index in [9.17, 15) is 4.79 Å². The van der Waals surface area contributed by atoms with Gasteiger partial charge in [-0.1, -0.05) is 23.7 Å². The van der Waals surface area contributed by atoms with Crippen LogP contribution in [0.1, 0.15) is 28.1 Å². The first-order valence-electron chi connectivity index (χ1n) is 6.06. The van der Waals surface area contributed by atoms with Crippen LogP contribution in [-0.2, 0) is 0 Å². The van der Waals surface area contributed by atoms with Gasteiger partial charge >= 0.3 is 0 Å². The summed E-state index contributed by atoms with van der Waals surface area (Å²) in [5, 5.41) is 0.774. The van der Waals surface area contributed by atoms with Crippen LogP contribution in [-0.4, -0.2) is 5.78 Å². The van der Waals surface area contributed by atoms with E-state index in [4.69, 9.17) is 11.6 Å². The molecule has 1 aliphatic carbocycles. The molecule has 0 saturated heterocycles. The third kappa shape index (κ3) is 2.11. The van der Waals surface area contributed by atoms with Gasteiger partial charge in [-0.3, -0.25) is 4.79 Å². The summed E-state index contributed by atoms with van der Waals surface area (Å²) in [6.07, 6.45) is 2.12. The summed E-state index contributed by atoms with van der Waals surface area (Å²) in [4.78, 5) is 14.0. The van der Waals surface area contributed by atoms with Crippen LogP contribution in [0.15, 0.2) is 30.3 Å². The van der Waals surface area contributed by atoms with E-state index in [1.165, 1.54) is 0 Å². The Labute approximate surface area is 115 Å². The number of ketones is 1. The van der Waals surface area contributed by atoms with Crippen molar-refractivity contribution < 1.29 is 4.79 Å². The Bertz CT molecular complexity index is 611. The van der Waals surface area contributed by atoms with E-state index < -0.39 is 0 Å². The van der Waals surface area contributed by atoms with E-state index in [1.54, 1.807) is 11.3 Å². The van der Waals surface area contributed by atoms with Crippen LogP contribution in [0.5, 0.6) is 0 Å². The molecule has 0 bridgehead atoms. The first-order chi connectivity index (χ1) is 8.66. The lowest BCUT2D eigenvalue weighted by molar-refractivity contribution is 0.0971. The average Bonchev–Trinajstić information content (AvgIpc) is 3.10. The quantitative estimate of drug-likeness (QED) is 0.724. The Kier molecular flexibility index (Phi) is 3.00. The predicted molar refractivity (Wildman–Crippen MR) is 76.6 cm³/mol. The van der Waals surface area contributed by atoms with Crippen LogP contribution in [0.25, 0.3) is 10.4 Å². The van der Waals surface area contributed by atoms with E-state index >= 15 is 0 Å². The van der Waals surface area contributed by atoms with Crippen molar-refractivity contribution in [1.29, 1.82) is 0 Å².